The molecule has 0 bridgehead atoms. The summed E-state index contributed by atoms with van der Waals surface area (Å²) in [4.78, 5) is 0.442. The maximum absolute atomic E-state index is 5.09. The van der Waals surface area contributed by atoms with Crippen molar-refractivity contribution in [2.45, 2.75) is 24.7 Å². The third kappa shape index (κ3) is 3.02. The largest absolute Gasteiger partial charge is 0.271 e. The molecule has 2 nitrogen and oxygen atoms in total. The third-order valence-corrected chi connectivity index (χ3v) is 1.74. The molecule has 0 aliphatic carbocycles. The summed E-state index contributed by atoms with van der Waals surface area (Å²) in [6.07, 6.45) is 0. The summed E-state index contributed by atoms with van der Waals surface area (Å²) in [5.74, 6) is 5.09. The Labute approximate surface area is 52.6 Å². The van der Waals surface area contributed by atoms with Gasteiger partial charge >= 0.3 is 0 Å². The quantitative estimate of drug-likeness (QED) is 0.359. The van der Waals surface area contributed by atoms with Crippen molar-refractivity contribution < 1.29 is 0 Å². The summed E-state index contributed by atoms with van der Waals surface area (Å²) in [7, 11) is 0. The topological polar surface area (TPSA) is 38.0 Å². The number of alkyl halides is 1. The number of nitrogens with two attached hydrogens (primary N) is 1. The lowest BCUT2D eigenvalue weighted by atomic mass is 10.3. The monoisotopic (exact) mass is 166 g/mol. The zero-order valence-electron chi connectivity index (χ0n) is 4.61. The van der Waals surface area contributed by atoms with Crippen LogP contribution in [0.5, 0.6) is 0 Å². The highest BCUT2D eigenvalue weighted by atomic mass is 79.9. The van der Waals surface area contributed by atoms with Crippen molar-refractivity contribution in [1.82, 2.24) is 5.43 Å². The molecule has 0 aromatic heterocycles. The van der Waals surface area contributed by atoms with Gasteiger partial charge in [0.15, 0.2) is 0 Å². The van der Waals surface area contributed by atoms with Crippen molar-refractivity contribution in [3.63, 3.8) is 0 Å². The van der Waals surface area contributed by atoms with Crippen LogP contribution in [-0.4, -0.2) is 10.9 Å². The van der Waals surface area contributed by atoms with E-state index >= 15 is 0 Å². The maximum atomic E-state index is 5.09. The van der Waals surface area contributed by atoms with Crippen molar-refractivity contribution in [2.75, 3.05) is 0 Å². The summed E-state index contributed by atoms with van der Waals surface area (Å²) in [6, 6.07) is 0.347. The van der Waals surface area contributed by atoms with Crippen LogP contribution >= 0.6 is 15.9 Å². The summed E-state index contributed by atoms with van der Waals surface area (Å²) in [5, 5.41) is 0. The van der Waals surface area contributed by atoms with Gasteiger partial charge in [-0.25, -0.2) is 0 Å². The molecule has 0 fully saturated rings. The summed E-state index contributed by atoms with van der Waals surface area (Å²) in [5.41, 5.74) is 2.62. The van der Waals surface area contributed by atoms with Gasteiger partial charge in [-0.05, 0) is 6.92 Å². The Kier molecular flexibility index (Phi) is 3.60. The molecule has 0 amide bonds. The van der Waals surface area contributed by atoms with E-state index in [0.717, 1.165) is 0 Å². The zero-order valence-corrected chi connectivity index (χ0v) is 6.20. The molecule has 0 aliphatic heterocycles. The van der Waals surface area contributed by atoms with Gasteiger partial charge in [0.25, 0.3) is 0 Å². The van der Waals surface area contributed by atoms with Crippen LogP contribution in [-0.2, 0) is 0 Å². The fraction of sp³-hybridized carbons (Fsp3) is 1.00. The Morgan fingerprint density at radius 3 is 2.00 bits per heavy atom. The minimum Gasteiger partial charge on any atom is -0.271 e. The van der Waals surface area contributed by atoms with Gasteiger partial charge in [0.1, 0.15) is 0 Å². The molecule has 0 aliphatic rings. The molecule has 0 radical (unpaired) electrons. The van der Waals surface area contributed by atoms with E-state index in [4.69, 9.17) is 5.84 Å². The fourth-order valence-electron chi connectivity index (χ4n) is 0.133. The molecular formula is C4H11BrN2. The van der Waals surface area contributed by atoms with E-state index in [9.17, 15) is 0 Å². The Morgan fingerprint density at radius 2 is 2.00 bits per heavy atom. The molecule has 7 heavy (non-hydrogen) atoms. The first-order valence-corrected chi connectivity index (χ1v) is 3.20. The summed E-state index contributed by atoms with van der Waals surface area (Å²) >= 11 is 3.36. The van der Waals surface area contributed by atoms with Gasteiger partial charge in [-0.1, -0.05) is 22.9 Å². The standard InChI is InChI=1S/C4H11BrN2/c1-3(5)4(2)7-6/h3-4,7H,6H2,1-2H3/t3-,4?/m0/s1. The third-order valence-electron chi connectivity index (χ3n) is 0.952. The number of hydrogen-bond acceptors (Lipinski definition) is 2. The minimum atomic E-state index is 0.347. The SMILES string of the molecule is CC(NN)[C@H](C)Br. The number of nitrogens with one attached hydrogen (secondary N) is 1. The number of halogens is 1. The molecule has 0 saturated heterocycles. The van der Waals surface area contributed by atoms with Gasteiger partial charge in [0.2, 0.25) is 0 Å². The molecular weight excluding hydrogens is 156 g/mol. The molecule has 0 heterocycles. The van der Waals surface area contributed by atoms with Crippen LogP contribution in [0.1, 0.15) is 13.8 Å². The van der Waals surface area contributed by atoms with Crippen LogP contribution in [0.2, 0.25) is 0 Å². The van der Waals surface area contributed by atoms with Gasteiger partial charge in [-0.3, -0.25) is 11.3 Å². The number of hydrogen-bond donors (Lipinski definition) is 2. The second kappa shape index (κ2) is 3.41. The van der Waals surface area contributed by atoms with Crippen LogP contribution in [0.4, 0.5) is 0 Å². The summed E-state index contributed by atoms with van der Waals surface area (Å²) < 4.78 is 0. The van der Waals surface area contributed by atoms with E-state index in [1.54, 1.807) is 0 Å². The smallest absolute Gasteiger partial charge is 0.0304 e. The Bertz CT molecular complexity index is 47.0. The first-order chi connectivity index (χ1) is 3.18. The van der Waals surface area contributed by atoms with E-state index in [0.29, 0.717) is 10.9 Å². The van der Waals surface area contributed by atoms with Gasteiger partial charge < -0.3 is 0 Å². The number of rotatable bonds is 2. The van der Waals surface area contributed by atoms with E-state index in [1.165, 1.54) is 0 Å². The molecule has 0 aromatic carbocycles. The molecule has 1 unspecified atom stereocenters. The van der Waals surface area contributed by atoms with Crippen LogP contribution in [0.3, 0.4) is 0 Å². The molecule has 3 heteroatoms. The van der Waals surface area contributed by atoms with Gasteiger partial charge in [-0.2, -0.15) is 0 Å². The first kappa shape index (κ1) is 7.40. The first-order valence-electron chi connectivity index (χ1n) is 2.28. The second-order valence-electron chi connectivity index (χ2n) is 1.63. The summed E-state index contributed by atoms with van der Waals surface area (Å²) in [6.45, 7) is 4.06. The average Bonchev–Trinajstić information content (AvgIpc) is 1.65. The predicted molar refractivity (Wildman–Crippen MR) is 35.2 cm³/mol. The molecule has 0 spiro atoms. The molecule has 0 rings (SSSR count). The van der Waals surface area contributed by atoms with Crippen molar-refractivity contribution >= 4 is 15.9 Å². The predicted octanol–water partition coefficient (Wildman–Crippen LogP) is 0.622. The Hall–Kier alpha value is 0.400. The Morgan fingerprint density at radius 1 is 1.57 bits per heavy atom. The second-order valence-corrected chi connectivity index (χ2v) is 3.08. The highest BCUT2D eigenvalue weighted by Crippen LogP contribution is 2.00. The van der Waals surface area contributed by atoms with Gasteiger partial charge in [0, 0.05) is 10.9 Å². The minimum absolute atomic E-state index is 0.347. The average molecular weight is 167 g/mol. The zero-order chi connectivity index (χ0) is 5.86. The maximum Gasteiger partial charge on any atom is 0.0304 e. The van der Waals surface area contributed by atoms with Crippen molar-refractivity contribution in [3.8, 4) is 0 Å². The molecule has 3 N–H and O–H groups in total. The normalized spacial score (nSPS) is 18.9. The Balaban J connectivity index is 3.14. The lowest BCUT2D eigenvalue weighted by Gasteiger charge is -2.10. The molecule has 0 aromatic rings. The van der Waals surface area contributed by atoms with E-state index in [1.807, 2.05) is 13.8 Å². The van der Waals surface area contributed by atoms with E-state index in [-0.39, 0.29) is 0 Å². The van der Waals surface area contributed by atoms with Crippen molar-refractivity contribution in [2.24, 2.45) is 5.84 Å². The number of hydrazine groups is 1. The molecule has 0 saturated carbocycles. The van der Waals surface area contributed by atoms with Crippen LogP contribution < -0.4 is 11.3 Å². The fourth-order valence-corrected chi connectivity index (χ4v) is 0.285. The van der Waals surface area contributed by atoms with Gasteiger partial charge in [0.05, 0.1) is 0 Å². The molecule has 44 valence electrons. The van der Waals surface area contributed by atoms with E-state index in [2.05, 4.69) is 21.4 Å². The highest BCUT2D eigenvalue weighted by molar-refractivity contribution is 9.09. The van der Waals surface area contributed by atoms with Crippen LogP contribution in [0.25, 0.3) is 0 Å². The lowest BCUT2D eigenvalue weighted by Crippen LogP contribution is -2.37. The van der Waals surface area contributed by atoms with Gasteiger partial charge in [-0.15, -0.1) is 0 Å². The highest BCUT2D eigenvalue weighted by Gasteiger charge is 2.02. The molecule has 2 atom stereocenters. The van der Waals surface area contributed by atoms with Crippen LogP contribution in [0, 0.1) is 0 Å². The lowest BCUT2D eigenvalue weighted by molar-refractivity contribution is 0.571. The van der Waals surface area contributed by atoms with E-state index < -0.39 is 0 Å². The van der Waals surface area contributed by atoms with Crippen LogP contribution in [0.15, 0.2) is 0 Å². The van der Waals surface area contributed by atoms with Crippen molar-refractivity contribution in [3.05, 3.63) is 0 Å². The van der Waals surface area contributed by atoms with Crippen molar-refractivity contribution in [1.29, 1.82) is 0 Å².